The Morgan fingerprint density at radius 2 is 2.06 bits per heavy atom. The average Bonchev–Trinajstić information content (AvgIpc) is 2.66. The zero-order valence-electron chi connectivity index (χ0n) is 9.91. The summed E-state index contributed by atoms with van der Waals surface area (Å²) in [6.07, 6.45) is 2.91. The lowest BCUT2D eigenvalue weighted by Gasteiger charge is -2.12. The second-order valence-electron chi connectivity index (χ2n) is 3.85. The molecule has 1 aromatic rings. The summed E-state index contributed by atoms with van der Waals surface area (Å²) in [5, 5.41) is 5.12. The summed E-state index contributed by atoms with van der Waals surface area (Å²) < 4.78 is 0. The van der Waals surface area contributed by atoms with Crippen LogP contribution in [0, 0.1) is 5.92 Å². The molecule has 2 N–H and O–H groups in total. The van der Waals surface area contributed by atoms with E-state index >= 15 is 0 Å². The summed E-state index contributed by atoms with van der Waals surface area (Å²) in [7, 11) is 0. The van der Waals surface area contributed by atoms with E-state index in [2.05, 4.69) is 5.10 Å². The minimum Gasteiger partial charge on any atom is -0.385 e. The SMILES string of the molecule is C/C=C/C(=O)C1C(=O)N(c2ccccc2)N=C1N. The van der Waals surface area contributed by atoms with Crippen molar-refractivity contribution >= 4 is 23.2 Å². The largest absolute Gasteiger partial charge is 0.385 e. The summed E-state index contributed by atoms with van der Waals surface area (Å²) in [6.45, 7) is 1.71. The molecule has 1 heterocycles. The Morgan fingerprint density at radius 1 is 1.39 bits per heavy atom. The first-order valence-electron chi connectivity index (χ1n) is 5.54. The van der Waals surface area contributed by atoms with Gasteiger partial charge in [-0.05, 0) is 25.1 Å². The van der Waals surface area contributed by atoms with Gasteiger partial charge in [-0.1, -0.05) is 24.3 Å². The molecule has 5 heteroatoms. The van der Waals surface area contributed by atoms with Crippen LogP contribution in [0.2, 0.25) is 0 Å². The van der Waals surface area contributed by atoms with Crippen molar-refractivity contribution in [2.75, 3.05) is 5.01 Å². The lowest BCUT2D eigenvalue weighted by molar-refractivity contribution is -0.126. The highest BCUT2D eigenvalue weighted by atomic mass is 16.2. The first-order chi connectivity index (χ1) is 8.65. The van der Waals surface area contributed by atoms with E-state index in [1.54, 1.807) is 37.3 Å². The van der Waals surface area contributed by atoms with Gasteiger partial charge < -0.3 is 5.73 Å². The number of carbonyl (C=O) groups excluding carboxylic acids is 2. The van der Waals surface area contributed by atoms with Crippen molar-refractivity contribution in [1.82, 2.24) is 0 Å². The number of hydrazone groups is 1. The Hall–Kier alpha value is -2.43. The number of para-hydroxylation sites is 1. The van der Waals surface area contributed by atoms with Crippen LogP contribution in [-0.2, 0) is 9.59 Å². The Labute approximate surface area is 105 Å². The molecule has 1 amide bonds. The van der Waals surface area contributed by atoms with Crippen LogP contribution in [0.15, 0.2) is 47.6 Å². The van der Waals surface area contributed by atoms with Crippen molar-refractivity contribution in [3.8, 4) is 0 Å². The summed E-state index contributed by atoms with van der Waals surface area (Å²) in [5.74, 6) is -1.72. The van der Waals surface area contributed by atoms with Gasteiger partial charge in [-0.3, -0.25) is 9.59 Å². The van der Waals surface area contributed by atoms with E-state index in [-0.39, 0.29) is 11.6 Å². The molecular weight excluding hydrogens is 230 g/mol. The number of nitrogens with zero attached hydrogens (tertiary/aromatic N) is 2. The fraction of sp³-hybridized carbons (Fsp3) is 0.154. The van der Waals surface area contributed by atoms with Crippen LogP contribution in [0.4, 0.5) is 5.69 Å². The number of hydrogen-bond donors (Lipinski definition) is 1. The van der Waals surface area contributed by atoms with Gasteiger partial charge in [0.2, 0.25) is 0 Å². The van der Waals surface area contributed by atoms with E-state index in [4.69, 9.17) is 5.73 Å². The maximum absolute atomic E-state index is 12.1. The third-order valence-corrected chi connectivity index (χ3v) is 2.58. The molecule has 1 unspecified atom stereocenters. The summed E-state index contributed by atoms with van der Waals surface area (Å²) >= 11 is 0. The molecule has 0 saturated carbocycles. The number of hydrogen-bond acceptors (Lipinski definition) is 4. The summed E-state index contributed by atoms with van der Waals surface area (Å²) in [5.41, 5.74) is 6.26. The lowest BCUT2D eigenvalue weighted by atomic mass is 10.0. The molecule has 2 rings (SSSR count). The Bertz CT molecular complexity index is 534. The molecule has 92 valence electrons. The number of benzene rings is 1. The predicted molar refractivity (Wildman–Crippen MR) is 68.9 cm³/mol. The fourth-order valence-corrected chi connectivity index (χ4v) is 1.75. The smallest absolute Gasteiger partial charge is 0.266 e. The molecule has 0 spiro atoms. The molecule has 5 nitrogen and oxygen atoms in total. The standard InChI is InChI=1S/C13H13N3O2/c1-2-6-10(17)11-12(14)15-16(13(11)18)9-7-4-3-5-8-9/h2-8,11H,1H3,(H2,14,15)/b6-2+. The molecule has 0 radical (unpaired) electrons. The van der Waals surface area contributed by atoms with Gasteiger partial charge >= 0.3 is 0 Å². The molecule has 1 aliphatic rings. The van der Waals surface area contributed by atoms with Crippen LogP contribution in [0.3, 0.4) is 0 Å². The van der Waals surface area contributed by atoms with Gasteiger partial charge in [-0.2, -0.15) is 10.1 Å². The average molecular weight is 243 g/mol. The summed E-state index contributed by atoms with van der Waals surface area (Å²) in [6, 6.07) is 8.87. The number of nitrogens with two attached hydrogens (primary N) is 1. The first-order valence-corrected chi connectivity index (χ1v) is 5.54. The third-order valence-electron chi connectivity index (χ3n) is 2.58. The molecule has 0 aliphatic carbocycles. The van der Waals surface area contributed by atoms with Gasteiger partial charge in [0, 0.05) is 0 Å². The Kier molecular flexibility index (Phi) is 3.23. The van der Waals surface area contributed by atoms with Crippen molar-refractivity contribution < 1.29 is 9.59 Å². The van der Waals surface area contributed by atoms with Crippen LogP contribution in [0.1, 0.15) is 6.92 Å². The number of rotatable bonds is 3. The highest BCUT2D eigenvalue weighted by Gasteiger charge is 2.39. The molecule has 1 aliphatic heterocycles. The normalized spacial score (nSPS) is 19.4. The lowest BCUT2D eigenvalue weighted by Crippen LogP contribution is -2.35. The fourth-order valence-electron chi connectivity index (χ4n) is 1.75. The van der Waals surface area contributed by atoms with Gasteiger partial charge in [0.25, 0.3) is 5.91 Å². The number of ketones is 1. The highest BCUT2D eigenvalue weighted by Crippen LogP contribution is 2.22. The van der Waals surface area contributed by atoms with Gasteiger partial charge in [-0.15, -0.1) is 0 Å². The van der Waals surface area contributed by atoms with E-state index in [1.807, 2.05) is 6.07 Å². The topological polar surface area (TPSA) is 75.8 Å². The Balaban J connectivity index is 2.30. The van der Waals surface area contributed by atoms with E-state index in [0.29, 0.717) is 5.69 Å². The van der Waals surface area contributed by atoms with Crippen LogP contribution in [0.25, 0.3) is 0 Å². The molecule has 0 bridgehead atoms. The van der Waals surface area contributed by atoms with Crippen molar-refractivity contribution in [1.29, 1.82) is 0 Å². The molecule has 1 atom stereocenters. The minimum absolute atomic E-state index is 0.0342. The maximum atomic E-state index is 12.1. The van der Waals surface area contributed by atoms with Crippen LogP contribution >= 0.6 is 0 Å². The number of anilines is 1. The van der Waals surface area contributed by atoms with Crippen molar-refractivity contribution in [3.05, 3.63) is 42.5 Å². The molecule has 18 heavy (non-hydrogen) atoms. The maximum Gasteiger partial charge on any atom is 0.266 e. The van der Waals surface area contributed by atoms with Gasteiger partial charge in [-0.25, -0.2) is 0 Å². The van der Waals surface area contributed by atoms with Gasteiger partial charge in [0.05, 0.1) is 5.69 Å². The number of amidine groups is 1. The Morgan fingerprint density at radius 3 is 2.67 bits per heavy atom. The van der Waals surface area contributed by atoms with Crippen molar-refractivity contribution in [3.63, 3.8) is 0 Å². The summed E-state index contributed by atoms with van der Waals surface area (Å²) in [4.78, 5) is 23.9. The van der Waals surface area contributed by atoms with Crippen LogP contribution < -0.4 is 10.7 Å². The predicted octanol–water partition coefficient (Wildman–Crippen LogP) is 1.07. The molecular formula is C13H13N3O2. The van der Waals surface area contributed by atoms with Crippen molar-refractivity contribution in [2.24, 2.45) is 16.8 Å². The minimum atomic E-state index is -0.999. The van der Waals surface area contributed by atoms with E-state index < -0.39 is 11.8 Å². The van der Waals surface area contributed by atoms with Gasteiger partial charge in [0.15, 0.2) is 11.7 Å². The molecule has 0 saturated heterocycles. The number of amides is 1. The second-order valence-corrected chi connectivity index (χ2v) is 3.85. The third kappa shape index (κ3) is 2.02. The number of allylic oxidation sites excluding steroid dienone is 2. The van der Waals surface area contributed by atoms with E-state index in [9.17, 15) is 9.59 Å². The second kappa shape index (κ2) is 4.83. The molecule has 1 aromatic carbocycles. The van der Waals surface area contributed by atoms with Crippen molar-refractivity contribution in [2.45, 2.75) is 6.92 Å². The van der Waals surface area contributed by atoms with Crippen LogP contribution in [0.5, 0.6) is 0 Å². The molecule has 0 aromatic heterocycles. The quantitative estimate of drug-likeness (QED) is 0.637. The van der Waals surface area contributed by atoms with E-state index in [1.165, 1.54) is 11.1 Å². The zero-order valence-corrected chi connectivity index (χ0v) is 9.91. The zero-order chi connectivity index (χ0) is 13.1. The first kappa shape index (κ1) is 12.0. The van der Waals surface area contributed by atoms with Crippen LogP contribution in [-0.4, -0.2) is 17.5 Å². The number of carbonyl (C=O) groups is 2. The molecule has 0 fully saturated rings. The van der Waals surface area contributed by atoms with E-state index in [0.717, 1.165) is 0 Å². The van der Waals surface area contributed by atoms with Gasteiger partial charge in [0.1, 0.15) is 5.84 Å². The monoisotopic (exact) mass is 243 g/mol. The highest BCUT2D eigenvalue weighted by molar-refractivity contribution is 6.28.